The van der Waals surface area contributed by atoms with Gasteiger partial charge in [0.2, 0.25) is 0 Å². The van der Waals surface area contributed by atoms with Crippen LogP contribution < -0.4 is 10.1 Å². The third-order valence-electron chi connectivity index (χ3n) is 2.64. The van der Waals surface area contributed by atoms with Crippen LogP contribution in [0.3, 0.4) is 0 Å². The summed E-state index contributed by atoms with van der Waals surface area (Å²) in [5.41, 5.74) is 1.62. The maximum Gasteiger partial charge on any atom is 0.120 e. The van der Waals surface area contributed by atoms with Crippen LogP contribution in [0.25, 0.3) is 0 Å². The first-order valence-corrected chi connectivity index (χ1v) is 5.58. The lowest BCUT2D eigenvalue weighted by Gasteiger charge is -2.09. The van der Waals surface area contributed by atoms with Crippen molar-refractivity contribution in [1.29, 1.82) is 0 Å². The van der Waals surface area contributed by atoms with Gasteiger partial charge in [0.25, 0.3) is 0 Å². The number of rotatable bonds is 4. The second-order valence-electron chi connectivity index (χ2n) is 3.90. The van der Waals surface area contributed by atoms with E-state index in [-0.39, 0.29) is 11.5 Å². The van der Waals surface area contributed by atoms with Crippen LogP contribution in [0.4, 0.5) is 5.69 Å². The zero-order chi connectivity index (χ0) is 13.0. The quantitative estimate of drug-likeness (QED) is 0.725. The Labute approximate surface area is 105 Å². The van der Waals surface area contributed by atoms with Crippen LogP contribution in [0.5, 0.6) is 17.2 Å². The minimum absolute atomic E-state index is 0.224. The standard InChI is InChI=1S/C14H15NO3/c1-18-13-6-7-14(17)10(8-13)9-15-11-2-4-12(16)5-3-11/h2-8,15-17H,9H2,1H3. The Kier molecular flexibility index (Phi) is 3.57. The number of aromatic hydroxyl groups is 2. The van der Waals surface area contributed by atoms with Gasteiger partial charge in [0, 0.05) is 17.8 Å². The van der Waals surface area contributed by atoms with Gasteiger partial charge in [-0.1, -0.05) is 0 Å². The van der Waals surface area contributed by atoms with Gasteiger partial charge >= 0.3 is 0 Å². The van der Waals surface area contributed by atoms with Gasteiger partial charge in [0.05, 0.1) is 7.11 Å². The maximum absolute atomic E-state index is 9.72. The van der Waals surface area contributed by atoms with E-state index in [0.717, 1.165) is 11.3 Å². The highest BCUT2D eigenvalue weighted by Gasteiger charge is 2.03. The Morgan fingerprint density at radius 2 is 1.78 bits per heavy atom. The van der Waals surface area contributed by atoms with E-state index in [4.69, 9.17) is 4.74 Å². The summed E-state index contributed by atoms with van der Waals surface area (Å²) in [6.07, 6.45) is 0. The van der Waals surface area contributed by atoms with Gasteiger partial charge in [-0.2, -0.15) is 0 Å². The molecule has 0 atom stereocenters. The highest BCUT2D eigenvalue weighted by atomic mass is 16.5. The Morgan fingerprint density at radius 1 is 1.06 bits per heavy atom. The summed E-state index contributed by atoms with van der Waals surface area (Å²) < 4.78 is 5.11. The molecule has 2 aromatic carbocycles. The Balaban J connectivity index is 2.07. The molecule has 0 fully saturated rings. The SMILES string of the molecule is COc1ccc(O)c(CNc2ccc(O)cc2)c1. The van der Waals surface area contributed by atoms with Gasteiger partial charge in [0.1, 0.15) is 17.2 Å². The molecule has 0 aliphatic heterocycles. The molecule has 2 rings (SSSR count). The van der Waals surface area contributed by atoms with Gasteiger partial charge in [-0.25, -0.2) is 0 Å². The van der Waals surface area contributed by atoms with E-state index in [1.54, 1.807) is 49.6 Å². The lowest BCUT2D eigenvalue weighted by molar-refractivity contribution is 0.411. The molecule has 0 spiro atoms. The highest BCUT2D eigenvalue weighted by Crippen LogP contribution is 2.24. The summed E-state index contributed by atoms with van der Waals surface area (Å²) >= 11 is 0. The predicted octanol–water partition coefficient (Wildman–Crippen LogP) is 2.72. The van der Waals surface area contributed by atoms with Crippen molar-refractivity contribution in [2.75, 3.05) is 12.4 Å². The predicted molar refractivity (Wildman–Crippen MR) is 70.1 cm³/mol. The third kappa shape index (κ3) is 2.85. The number of phenols is 2. The first-order valence-electron chi connectivity index (χ1n) is 5.58. The van der Waals surface area contributed by atoms with Crippen molar-refractivity contribution in [3.05, 3.63) is 48.0 Å². The number of hydrogen-bond donors (Lipinski definition) is 3. The Hall–Kier alpha value is -2.36. The summed E-state index contributed by atoms with van der Waals surface area (Å²) in [7, 11) is 1.59. The molecular weight excluding hydrogens is 230 g/mol. The first-order chi connectivity index (χ1) is 8.69. The molecule has 18 heavy (non-hydrogen) atoms. The second kappa shape index (κ2) is 5.31. The lowest BCUT2D eigenvalue weighted by atomic mass is 10.2. The molecule has 2 aromatic rings. The van der Waals surface area contributed by atoms with Crippen molar-refractivity contribution in [1.82, 2.24) is 0 Å². The van der Waals surface area contributed by atoms with Gasteiger partial charge in [-0.05, 0) is 42.5 Å². The van der Waals surface area contributed by atoms with Crippen molar-refractivity contribution in [3.63, 3.8) is 0 Å². The monoisotopic (exact) mass is 245 g/mol. The fraction of sp³-hybridized carbons (Fsp3) is 0.143. The lowest BCUT2D eigenvalue weighted by Crippen LogP contribution is -1.99. The zero-order valence-electron chi connectivity index (χ0n) is 10.1. The summed E-state index contributed by atoms with van der Waals surface area (Å²) in [6.45, 7) is 0.480. The molecule has 0 radical (unpaired) electrons. The molecular formula is C14H15NO3. The average molecular weight is 245 g/mol. The molecule has 0 aliphatic rings. The van der Waals surface area contributed by atoms with E-state index in [1.807, 2.05) is 0 Å². The largest absolute Gasteiger partial charge is 0.508 e. The van der Waals surface area contributed by atoms with E-state index < -0.39 is 0 Å². The van der Waals surface area contributed by atoms with Crippen LogP contribution >= 0.6 is 0 Å². The Bertz CT molecular complexity index is 523. The maximum atomic E-state index is 9.72. The molecule has 3 N–H and O–H groups in total. The molecule has 0 heterocycles. The van der Waals surface area contributed by atoms with E-state index in [9.17, 15) is 10.2 Å². The molecule has 0 bridgehead atoms. The number of ether oxygens (including phenoxy) is 1. The van der Waals surface area contributed by atoms with E-state index in [2.05, 4.69) is 5.32 Å². The van der Waals surface area contributed by atoms with E-state index in [1.165, 1.54) is 0 Å². The number of methoxy groups -OCH3 is 1. The molecule has 4 heteroatoms. The number of anilines is 1. The zero-order valence-corrected chi connectivity index (χ0v) is 10.1. The fourth-order valence-corrected chi connectivity index (χ4v) is 1.61. The number of nitrogens with one attached hydrogen (secondary N) is 1. The van der Waals surface area contributed by atoms with Crippen molar-refractivity contribution < 1.29 is 14.9 Å². The minimum atomic E-state index is 0.224. The van der Waals surface area contributed by atoms with Crippen LogP contribution in [0.1, 0.15) is 5.56 Å². The summed E-state index contributed by atoms with van der Waals surface area (Å²) in [4.78, 5) is 0. The highest BCUT2D eigenvalue weighted by molar-refractivity contribution is 5.48. The minimum Gasteiger partial charge on any atom is -0.508 e. The average Bonchev–Trinajstić information content (AvgIpc) is 2.40. The van der Waals surface area contributed by atoms with Gasteiger partial charge < -0.3 is 20.3 Å². The van der Waals surface area contributed by atoms with Crippen LogP contribution in [-0.2, 0) is 6.54 Å². The molecule has 0 aliphatic carbocycles. The summed E-state index contributed by atoms with van der Waals surface area (Å²) in [5.74, 6) is 1.15. The number of benzene rings is 2. The van der Waals surface area contributed by atoms with Crippen LogP contribution in [-0.4, -0.2) is 17.3 Å². The molecule has 94 valence electrons. The molecule has 4 nitrogen and oxygen atoms in total. The third-order valence-corrected chi connectivity index (χ3v) is 2.64. The molecule has 0 saturated heterocycles. The second-order valence-corrected chi connectivity index (χ2v) is 3.90. The van der Waals surface area contributed by atoms with E-state index in [0.29, 0.717) is 12.3 Å². The van der Waals surface area contributed by atoms with Gasteiger partial charge in [-0.3, -0.25) is 0 Å². The topological polar surface area (TPSA) is 61.7 Å². The molecule has 0 aromatic heterocycles. The summed E-state index contributed by atoms with van der Waals surface area (Å²) in [5, 5.41) is 22.0. The van der Waals surface area contributed by atoms with Crippen molar-refractivity contribution in [3.8, 4) is 17.2 Å². The molecule has 0 saturated carbocycles. The van der Waals surface area contributed by atoms with Crippen molar-refractivity contribution >= 4 is 5.69 Å². The van der Waals surface area contributed by atoms with Crippen LogP contribution in [0, 0.1) is 0 Å². The van der Waals surface area contributed by atoms with Crippen molar-refractivity contribution in [2.24, 2.45) is 0 Å². The fourth-order valence-electron chi connectivity index (χ4n) is 1.61. The molecule has 0 unspecified atom stereocenters. The van der Waals surface area contributed by atoms with Crippen LogP contribution in [0.15, 0.2) is 42.5 Å². The first kappa shape index (κ1) is 12.1. The van der Waals surface area contributed by atoms with Crippen LogP contribution in [0.2, 0.25) is 0 Å². The normalized spacial score (nSPS) is 10.1. The van der Waals surface area contributed by atoms with E-state index >= 15 is 0 Å². The van der Waals surface area contributed by atoms with Gasteiger partial charge in [0.15, 0.2) is 0 Å². The molecule has 0 amide bonds. The Morgan fingerprint density at radius 3 is 2.44 bits per heavy atom. The number of phenolic OH excluding ortho intramolecular Hbond substituents is 2. The smallest absolute Gasteiger partial charge is 0.120 e. The van der Waals surface area contributed by atoms with Crippen molar-refractivity contribution in [2.45, 2.75) is 6.54 Å². The summed E-state index contributed by atoms with van der Waals surface area (Å²) in [6, 6.07) is 11.8. The van der Waals surface area contributed by atoms with Gasteiger partial charge in [-0.15, -0.1) is 0 Å². The number of hydrogen-bond acceptors (Lipinski definition) is 4.